The van der Waals surface area contributed by atoms with E-state index in [0.29, 0.717) is 12.4 Å². The summed E-state index contributed by atoms with van der Waals surface area (Å²) in [5.41, 5.74) is 0. The maximum absolute atomic E-state index is 9.79. The SMILES string of the molecule is O=CO[CH]C1CCCCC1. The van der Waals surface area contributed by atoms with Crippen molar-refractivity contribution in [3.8, 4) is 0 Å². The van der Waals surface area contributed by atoms with Gasteiger partial charge in [0.15, 0.2) is 0 Å². The monoisotopic (exact) mass is 141 g/mol. The maximum atomic E-state index is 9.79. The van der Waals surface area contributed by atoms with Gasteiger partial charge in [-0.1, -0.05) is 19.3 Å². The van der Waals surface area contributed by atoms with Crippen molar-refractivity contribution in [2.24, 2.45) is 5.92 Å². The van der Waals surface area contributed by atoms with Crippen LogP contribution in [0.15, 0.2) is 0 Å². The Morgan fingerprint density at radius 2 is 1.90 bits per heavy atom. The van der Waals surface area contributed by atoms with Crippen molar-refractivity contribution in [3.05, 3.63) is 6.61 Å². The molecule has 1 fully saturated rings. The molecule has 2 heteroatoms. The van der Waals surface area contributed by atoms with Crippen molar-refractivity contribution in [2.75, 3.05) is 0 Å². The van der Waals surface area contributed by atoms with E-state index in [-0.39, 0.29) is 0 Å². The van der Waals surface area contributed by atoms with E-state index in [9.17, 15) is 4.79 Å². The third-order valence-electron chi connectivity index (χ3n) is 1.98. The summed E-state index contributed by atoms with van der Waals surface area (Å²) in [7, 11) is 0. The fraction of sp³-hybridized carbons (Fsp3) is 0.750. The Balaban J connectivity index is 2.07. The third-order valence-corrected chi connectivity index (χ3v) is 1.98. The molecular weight excluding hydrogens is 128 g/mol. The van der Waals surface area contributed by atoms with Crippen molar-refractivity contribution in [1.29, 1.82) is 0 Å². The van der Waals surface area contributed by atoms with Crippen LogP contribution in [0.2, 0.25) is 0 Å². The van der Waals surface area contributed by atoms with E-state index in [1.54, 1.807) is 6.61 Å². The van der Waals surface area contributed by atoms with E-state index < -0.39 is 0 Å². The normalized spacial score (nSPS) is 20.4. The lowest BCUT2D eigenvalue weighted by Crippen LogP contribution is -2.07. The van der Waals surface area contributed by atoms with Gasteiger partial charge in [-0.05, 0) is 18.8 Å². The van der Waals surface area contributed by atoms with Crippen molar-refractivity contribution >= 4 is 6.47 Å². The van der Waals surface area contributed by atoms with Crippen LogP contribution in [0.1, 0.15) is 32.1 Å². The molecule has 0 saturated heterocycles. The van der Waals surface area contributed by atoms with Crippen LogP contribution in [0.5, 0.6) is 0 Å². The van der Waals surface area contributed by atoms with Gasteiger partial charge >= 0.3 is 0 Å². The molecule has 10 heavy (non-hydrogen) atoms. The van der Waals surface area contributed by atoms with Crippen molar-refractivity contribution < 1.29 is 9.53 Å². The second-order valence-electron chi connectivity index (χ2n) is 2.77. The fourth-order valence-electron chi connectivity index (χ4n) is 1.41. The zero-order valence-corrected chi connectivity index (χ0v) is 6.08. The first-order valence-electron chi connectivity index (χ1n) is 3.86. The highest BCUT2D eigenvalue weighted by Gasteiger charge is 2.13. The average Bonchev–Trinajstić information content (AvgIpc) is 2.03. The van der Waals surface area contributed by atoms with Crippen molar-refractivity contribution in [1.82, 2.24) is 0 Å². The van der Waals surface area contributed by atoms with Gasteiger partial charge in [-0.3, -0.25) is 4.79 Å². The molecule has 0 spiro atoms. The van der Waals surface area contributed by atoms with Gasteiger partial charge in [0.2, 0.25) is 0 Å². The zero-order valence-electron chi connectivity index (χ0n) is 6.08. The Bertz CT molecular complexity index is 95.4. The molecule has 0 N–H and O–H groups in total. The molecule has 0 bridgehead atoms. The summed E-state index contributed by atoms with van der Waals surface area (Å²) >= 11 is 0. The highest BCUT2D eigenvalue weighted by Crippen LogP contribution is 2.25. The van der Waals surface area contributed by atoms with Crippen LogP contribution >= 0.6 is 0 Å². The topological polar surface area (TPSA) is 26.3 Å². The molecule has 1 rings (SSSR count). The first-order valence-corrected chi connectivity index (χ1v) is 3.86. The number of carbonyl (C=O) groups excluding carboxylic acids is 1. The van der Waals surface area contributed by atoms with E-state index in [4.69, 9.17) is 0 Å². The summed E-state index contributed by atoms with van der Waals surface area (Å²) < 4.78 is 4.57. The van der Waals surface area contributed by atoms with Crippen LogP contribution < -0.4 is 0 Å². The molecular formula is C8H13O2. The quantitative estimate of drug-likeness (QED) is 0.561. The molecule has 0 amide bonds. The molecule has 0 atom stereocenters. The second kappa shape index (κ2) is 4.31. The van der Waals surface area contributed by atoms with Gasteiger partial charge in [-0.15, -0.1) is 0 Å². The van der Waals surface area contributed by atoms with E-state index in [2.05, 4.69) is 4.74 Å². The molecule has 0 heterocycles. The van der Waals surface area contributed by atoms with Crippen LogP contribution in [-0.2, 0) is 9.53 Å². The number of carbonyl (C=O) groups is 1. The second-order valence-corrected chi connectivity index (χ2v) is 2.77. The largest absolute Gasteiger partial charge is 0.460 e. The molecule has 1 saturated carbocycles. The van der Waals surface area contributed by atoms with Gasteiger partial charge < -0.3 is 4.74 Å². The summed E-state index contributed by atoms with van der Waals surface area (Å²) in [6.07, 6.45) is 6.28. The Kier molecular flexibility index (Phi) is 3.27. The Morgan fingerprint density at radius 3 is 2.50 bits per heavy atom. The summed E-state index contributed by atoms with van der Waals surface area (Å²) in [4.78, 5) is 9.79. The molecule has 0 aromatic carbocycles. The molecule has 0 aliphatic heterocycles. The minimum Gasteiger partial charge on any atom is -0.460 e. The minimum atomic E-state index is 0.495. The maximum Gasteiger partial charge on any atom is 0.293 e. The standard InChI is InChI=1S/C8H13O2/c9-7-10-6-8-4-2-1-3-5-8/h6-8H,1-5H2. The molecule has 1 aliphatic rings. The highest BCUT2D eigenvalue weighted by molar-refractivity contribution is 5.37. The van der Waals surface area contributed by atoms with Crippen molar-refractivity contribution in [3.63, 3.8) is 0 Å². The summed E-state index contributed by atoms with van der Waals surface area (Å²) in [6, 6.07) is 0. The lowest BCUT2D eigenvalue weighted by atomic mass is 9.90. The molecule has 2 nitrogen and oxygen atoms in total. The van der Waals surface area contributed by atoms with Crippen LogP contribution in [0, 0.1) is 12.5 Å². The zero-order chi connectivity index (χ0) is 7.23. The summed E-state index contributed by atoms with van der Waals surface area (Å²) in [5.74, 6) is 0.527. The first kappa shape index (κ1) is 7.58. The van der Waals surface area contributed by atoms with Crippen LogP contribution in [-0.4, -0.2) is 6.47 Å². The summed E-state index contributed by atoms with van der Waals surface area (Å²) in [5, 5.41) is 0. The predicted molar refractivity (Wildman–Crippen MR) is 38.0 cm³/mol. The van der Waals surface area contributed by atoms with Gasteiger partial charge in [0.05, 0.1) is 0 Å². The number of hydrogen-bond donors (Lipinski definition) is 0. The molecule has 1 aliphatic carbocycles. The van der Waals surface area contributed by atoms with Gasteiger partial charge in [0, 0.05) is 0 Å². The summed E-state index contributed by atoms with van der Waals surface area (Å²) in [6.45, 7) is 2.17. The Hall–Kier alpha value is -0.530. The van der Waals surface area contributed by atoms with Gasteiger partial charge in [0.25, 0.3) is 6.47 Å². The average molecular weight is 141 g/mol. The van der Waals surface area contributed by atoms with Crippen molar-refractivity contribution in [2.45, 2.75) is 32.1 Å². The van der Waals surface area contributed by atoms with E-state index in [0.717, 1.165) is 0 Å². The van der Waals surface area contributed by atoms with Gasteiger partial charge in [-0.2, -0.15) is 0 Å². The minimum absolute atomic E-state index is 0.495. The predicted octanol–water partition coefficient (Wildman–Crippen LogP) is 1.90. The fourth-order valence-corrected chi connectivity index (χ4v) is 1.41. The first-order chi connectivity index (χ1) is 4.93. The van der Waals surface area contributed by atoms with E-state index in [1.165, 1.54) is 32.1 Å². The Morgan fingerprint density at radius 1 is 1.20 bits per heavy atom. The van der Waals surface area contributed by atoms with E-state index in [1.807, 2.05) is 0 Å². The number of hydrogen-bond acceptors (Lipinski definition) is 2. The lowest BCUT2D eigenvalue weighted by Gasteiger charge is -2.18. The van der Waals surface area contributed by atoms with Crippen LogP contribution in [0.25, 0.3) is 0 Å². The van der Waals surface area contributed by atoms with Gasteiger partial charge in [-0.25, -0.2) is 0 Å². The van der Waals surface area contributed by atoms with E-state index >= 15 is 0 Å². The number of rotatable bonds is 3. The van der Waals surface area contributed by atoms with Crippen LogP contribution in [0.3, 0.4) is 0 Å². The Labute approximate surface area is 61.6 Å². The molecule has 0 aromatic heterocycles. The third kappa shape index (κ3) is 2.38. The number of ether oxygens (including phenoxy) is 1. The lowest BCUT2D eigenvalue weighted by molar-refractivity contribution is -0.126. The van der Waals surface area contributed by atoms with Crippen LogP contribution in [0.4, 0.5) is 0 Å². The molecule has 0 aromatic rings. The van der Waals surface area contributed by atoms with Gasteiger partial charge in [0.1, 0.15) is 6.61 Å². The highest BCUT2D eigenvalue weighted by atomic mass is 16.5. The molecule has 57 valence electrons. The smallest absolute Gasteiger partial charge is 0.293 e. The molecule has 0 unspecified atom stereocenters. The molecule has 1 radical (unpaired) electrons.